The fourth-order valence-electron chi connectivity index (χ4n) is 1.26. The van der Waals surface area contributed by atoms with E-state index in [9.17, 15) is 4.79 Å². The molecule has 14 heavy (non-hydrogen) atoms. The molecule has 0 aromatic heterocycles. The SMILES string of the molecule is CNC(=O)Oc1cc(C)cc(C)c1C. The zero-order valence-corrected chi connectivity index (χ0v) is 8.97. The maximum Gasteiger partial charge on any atom is 0.412 e. The molecule has 1 amide bonds. The zero-order chi connectivity index (χ0) is 10.7. The Morgan fingerprint density at radius 3 is 2.50 bits per heavy atom. The van der Waals surface area contributed by atoms with Gasteiger partial charge in [-0.1, -0.05) is 6.07 Å². The van der Waals surface area contributed by atoms with Crippen molar-refractivity contribution in [3.05, 3.63) is 28.8 Å². The maximum absolute atomic E-state index is 11.0. The van der Waals surface area contributed by atoms with Crippen LogP contribution >= 0.6 is 0 Å². The van der Waals surface area contributed by atoms with Crippen molar-refractivity contribution in [1.82, 2.24) is 5.32 Å². The summed E-state index contributed by atoms with van der Waals surface area (Å²) < 4.78 is 5.11. The Morgan fingerprint density at radius 1 is 1.29 bits per heavy atom. The van der Waals surface area contributed by atoms with Gasteiger partial charge in [0.05, 0.1) is 0 Å². The first-order valence-electron chi connectivity index (χ1n) is 4.52. The molecule has 1 rings (SSSR count). The Kier molecular flexibility index (Phi) is 3.12. The van der Waals surface area contributed by atoms with Crippen molar-refractivity contribution in [1.29, 1.82) is 0 Å². The van der Waals surface area contributed by atoms with Gasteiger partial charge in [0.1, 0.15) is 5.75 Å². The molecule has 76 valence electrons. The predicted molar refractivity (Wildman–Crippen MR) is 55.7 cm³/mol. The van der Waals surface area contributed by atoms with E-state index in [2.05, 4.69) is 11.4 Å². The van der Waals surface area contributed by atoms with Crippen LogP contribution < -0.4 is 10.1 Å². The first-order valence-corrected chi connectivity index (χ1v) is 4.52. The minimum atomic E-state index is -0.432. The van der Waals surface area contributed by atoms with Crippen molar-refractivity contribution in [3.63, 3.8) is 0 Å². The molecule has 0 fully saturated rings. The minimum absolute atomic E-state index is 0.432. The van der Waals surface area contributed by atoms with Crippen LogP contribution in [-0.4, -0.2) is 13.1 Å². The van der Waals surface area contributed by atoms with Crippen molar-refractivity contribution in [2.75, 3.05) is 7.05 Å². The summed E-state index contributed by atoms with van der Waals surface area (Å²) in [7, 11) is 1.54. The van der Waals surface area contributed by atoms with Gasteiger partial charge >= 0.3 is 6.09 Å². The molecule has 0 radical (unpaired) electrons. The standard InChI is InChI=1S/C11H15NO2/c1-7-5-8(2)9(3)10(6-7)14-11(13)12-4/h5-6H,1-4H3,(H,12,13). The molecule has 0 aliphatic rings. The third-order valence-corrected chi connectivity index (χ3v) is 2.17. The average Bonchev–Trinajstić information content (AvgIpc) is 2.13. The van der Waals surface area contributed by atoms with Crippen molar-refractivity contribution < 1.29 is 9.53 Å². The molecular formula is C11H15NO2. The molecule has 3 nitrogen and oxygen atoms in total. The third-order valence-electron chi connectivity index (χ3n) is 2.17. The number of carbonyl (C=O) groups is 1. The molecule has 0 aliphatic heterocycles. The normalized spacial score (nSPS) is 9.71. The smallest absolute Gasteiger partial charge is 0.410 e. The number of benzene rings is 1. The quantitative estimate of drug-likeness (QED) is 0.743. The fraction of sp³-hybridized carbons (Fsp3) is 0.364. The van der Waals surface area contributed by atoms with E-state index in [1.54, 1.807) is 7.05 Å². The number of amides is 1. The van der Waals surface area contributed by atoms with E-state index in [-0.39, 0.29) is 0 Å². The third kappa shape index (κ3) is 2.25. The first kappa shape index (κ1) is 10.6. The summed E-state index contributed by atoms with van der Waals surface area (Å²) in [5, 5.41) is 2.42. The number of nitrogens with one attached hydrogen (secondary N) is 1. The van der Waals surface area contributed by atoms with Crippen LogP contribution in [0, 0.1) is 20.8 Å². The summed E-state index contributed by atoms with van der Waals surface area (Å²) in [6.45, 7) is 5.91. The fourth-order valence-corrected chi connectivity index (χ4v) is 1.26. The lowest BCUT2D eigenvalue weighted by Crippen LogP contribution is -2.22. The van der Waals surface area contributed by atoms with Gasteiger partial charge in [-0.2, -0.15) is 0 Å². The van der Waals surface area contributed by atoms with Gasteiger partial charge in [-0.3, -0.25) is 0 Å². The molecular weight excluding hydrogens is 178 g/mol. The van der Waals surface area contributed by atoms with E-state index in [0.29, 0.717) is 5.75 Å². The number of hydrogen-bond acceptors (Lipinski definition) is 2. The maximum atomic E-state index is 11.0. The number of carbonyl (C=O) groups excluding carboxylic acids is 1. The number of aryl methyl sites for hydroxylation is 2. The van der Waals surface area contributed by atoms with Crippen LogP contribution in [0.15, 0.2) is 12.1 Å². The van der Waals surface area contributed by atoms with Gasteiger partial charge in [0.15, 0.2) is 0 Å². The van der Waals surface area contributed by atoms with Crippen molar-refractivity contribution in [3.8, 4) is 5.75 Å². The minimum Gasteiger partial charge on any atom is -0.410 e. The lowest BCUT2D eigenvalue weighted by molar-refractivity contribution is 0.202. The predicted octanol–water partition coefficient (Wildman–Crippen LogP) is 2.33. The molecule has 0 unspecified atom stereocenters. The highest BCUT2D eigenvalue weighted by Gasteiger charge is 2.07. The van der Waals surface area contributed by atoms with Gasteiger partial charge in [-0.15, -0.1) is 0 Å². The van der Waals surface area contributed by atoms with E-state index in [1.165, 1.54) is 0 Å². The number of hydrogen-bond donors (Lipinski definition) is 1. The van der Waals surface area contributed by atoms with Crippen molar-refractivity contribution in [2.24, 2.45) is 0 Å². The topological polar surface area (TPSA) is 38.3 Å². The van der Waals surface area contributed by atoms with Crippen LogP contribution in [0.4, 0.5) is 4.79 Å². The van der Waals surface area contributed by atoms with Gasteiger partial charge in [0.2, 0.25) is 0 Å². The summed E-state index contributed by atoms with van der Waals surface area (Å²) in [4.78, 5) is 11.0. The molecule has 0 saturated carbocycles. The van der Waals surface area contributed by atoms with Crippen LogP contribution in [0.2, 0.25) is 0 Å². The zero-order valence-electron chi connectivity index (χ0n) is 8.97. The summed E-state index contributed by atoms with van der Waals surface area (Å²) in [5.41, 5.74) is 3.22. The molecule has 1 aromatic carbocycles. The summed E-state index contributed by atoms with van der Waals surface area (Å²) >= 11 is 0. The lowest BCUT2D eigenvalue weighted by atomic mass is 10.1. The van der Waals surface area contributed by atoms with Crippen molar-refractivity contribution >= 4 is 6.09 Å². The monoisotopic (exact) mass is 193 g/mol. The van der Waals surface area contributed by atoms with Crippen LogP contribution in [0.3, 0.4) is 0 Å². The second-order valence-electron chi connectivity index (χ2n) is 3.34. The Balaban J connectivity index is 3.02. The lowest BCUT2D eigenvalue weighted by Gasteiger charge is -2.10. The first-order chi connectivity index (χ1) is 6.54. The van der Waals surface area contributed by atoms with Crippen LogP contribution in [0.5, 0.6) is 5.75 Å². The second-order valence-corrected chi connectivity index (χ2v) is 3.34. The van der Waals surface area contributed by atoms with Crippen LogP contribution in [0.1, 0.15) is 16.7 Å². The van der Waals surface area contributed by atoms with Gasteiger partial charge < -0.3 is 10.1 Å². The van der Waals surface area contributed by atoms with Gasteiger partial charge in [-0.25, -0.2) is 4.79 Å². The summed E-state index contributed by atoms with van der Waals surface area (Å²) in [6, 6.07) is 3.92. The molecule has 0 spiro atoms. The second kappa shape index (κ2) is 4.13. The molecule has 0 aliphatic carbocycles. The van der Waals surface area contributed by atoms with E-state index < -0.39 is 6.09 Å². The Bertz CT molecular complexity index is 359. The molecule has 0 heterocycles. The highest BCUT2D eigenvalue weighted by atomic mass is 16.6. The van der Waals surface area contributed by atoms with Gasteiger partial charge in [0, 0.05) is 7.05 Å². The van der Waals surface area contributed by atoms with E-state index in [1.807, 2.05) is 26.8 Å². The van der Waals surface area contributed by atoms with E-state index in [4.69, 9.17) is 4.74 Å². The van der Waals surface area contributed by atoms with E-state index in [0.717, 1.165) is 16.7 Å². The molecule has 1 aromatic rings. The largest absolute Gasteiger partial charge is 0.412 e. The Labute approximate surface area is 84.1 Å². The molecule has 3 heteroatoms. The van der Waals surface area contributed by atoms with Crippen molar-refractivity contribution in [2.45, 2.75) is 20.8 Å². The average molecular weight is 193 g/mol. The van der Waals surface area contributed by atoms with Gasteiger partial charge in [0.25, 0.3) is 0 Å². The highest BCUT2D eigenvalue weighted by molar-refractivity contribution is 5.70. The number of rotatable bonds is 1. The molecule has 1 N–H and O–H groups in total. The van der Waals surface area contributed by atoms with Crippen LogP contribution in [-0.2, 0) is 0 Å². The molecule has 0 bridgehead atoms. The Morgan fingerprint density at radius 2 is 1.93 bits per heavy atom. The summed E-state index contributed by atoms with van der Waals surface area (Å²) in [5.74, 6) is 0.627. The van der Waals surface area contributed by atoms with Gasteiger partial charge in [-0.05, 0) is 43.5 Å². The number of ether oxygens (including phenoxy) is 1. The molecule has 0 saturated heterocycles. The Hall–Kier alpha value is -1.51. The van der Waals surface area contributed by atoms with Crippen LogP contribution in [0.25, 0.3) is 0 Å². The summed E-state index contributed by atoms with van der Waals surface area (Å²) in [6.07, 6.45) is -0.432. The highest BCUT2D eigenvalue weighted by Crippen LogP contribution is 2.23. The van der Waals surface area contributed by atoms with E-state index >= 15 is 0 Å². The molecule has 0 atom stereocenters.